The Kier molecular flexibility index (Phi) is 6.49. The van der Waals surface area contributed by atoms with Crippen molar-refractivity contribution in [3.63, 3.8) is 0 Å². The van der Waals surface area contributed by atoms with Crippen LogP contribution in [0.15, 0.2) is 24.7 Å². The molecule has 9 nitrogen and oxygen atoms in total. The Bertz CT molecular complexity index is 1350. The van der Waals surface area contributed by atoms with Crippen LogP contribution in [0.4, 0.5) is 19.1 Å². The first-order chi connectivity index (χ1) is 17.6. The van der Waals surface area contributed by atoms with Gasteiger partial charge in [-0.3, -0.25) is 4.79 Å². The van der Waals surface area contributed by atoms with Crippen molar-refractivity contribution in [1.82, 2.24) is 24.8 Å². The molecule has 0 unspecified atom stereocenters. The average Bonchev–Trinajstić information content (AvgIpc) is 3.29. The molecule has 37 heavy (non-hydrogen) atoms. The fraction of sp³-hybridized carbons (Fsp3) is 0.480. The number of nitrogens with zero attached hydrogens (tertiary/aromatic N) is 5. The SMILES string of the molecule is C[C@@H](Nc1ncc(C#N)c(-c2c[nH]c3ncc(C(F)(F)F)cc23)n1)C1CCN(C(=O)[C@H]2C[C@H](N)C2)CC1. The van der Waals surface area contributed by atoms with Crippen LogP contribution in [0.25, 0.3) is 22.3 Å². The molecular weight excluding hydrogens is 485 g/mol. The summed E-state index contributed by atoms with van der Waals surface area (Å²) < 4.78 is 39.8. The number of likely N-dealkylation sites (tertiary alicyclic amines) is 1. The number of piperidine rings is 1. The first-order valence-corrected chi connectivity index (χ1v) is 12.3. The molecule has 1 aliphatic heterocycles. The van der Waals surface area contributed by atoms with Crippen LogP contribution in [0.5, 0.6) is 0 Å². The molecule has 0 spiro atoms. The number of pyridine rings is 1. The summed E-state index contributed by atoms with van der Waals surface area (Å²) in [5.41, 5.74) is 5.90. The predicted molar refractivity (Wildman–Crippen MR) is 130 cm³/mol. The molecule has 3 aromatic heterocycles. The highest BCUT2D eigenvalue weighted by Crippen LogP contribution is 2.35. The predicted octanol–water partition coefficient (Wildman–Crippen LogP) is 3.69. The number of amides is 1. The van der Waals surface area contributed by atoms with E-state index in [1.165, 1.54) is 12.4 Å². The number of alkyl halides is 3. The molecule has 1 saturated heterocycles. The second-order valence-corrected chi connectivity index (χ2v) is 9.91. The van der Waals surface area contributed by atoms with Crippen molar-refractivity contribution < 1.29 is 18.0 Å². The summed E-state index contributed by atoms with van der Waals surface area (Å²) in [6, 6.07) is 3.14. The Morgan fingerprint density at radius 3 is 2.65 bits per heavy atom. The van der Waals surface area contributed by atoms with Crippen molar-refractivity contribution >= 4 is 22.9 Å². The van der Waals surface area contributed by atoms with Crippen LogP contribution < -0.4 is 11.1 Å². The van der Waals surface area contributed by atoms with E-state index >= 15 is 0 Å². The normalized spacial score (nSPS) is 21.4. The van der Waals surface area contributed by atoms with Crippen molar-refractivity contribution in [3.05, 3.63) is 35.8 Å². The van der Waals surface area contributed by atoms with Crippen molar-refractivity contribution in [3.8, 4) is 17.3 Å². The van der Waals surface area contributed by atoms with Gasteiger partial charge in [0.05, 0.1) is 23.0 Å². The second kappa shape index (κ2) is 9.63. The lowest BCUT2D eigenvalue weighted by molar-refractivity contribution is -0.140. The van der Waals surface area contributed by atoms with Crippen molar-refractivity contribution in [1.29, 1.82) is 5.26 Å². The minimum absolute atomic E-state index is 0.0170. The van der Waals surface area contributed by atoms with Crippen LogP contribution in [-0.2, 0) is 11.0 Å². The molecule has 0 bridgehead atoms. The summed E-state index contributed by atoms with van der Waals surface area (Å²) in [5, 5.41) is 13.1. The van der Waals surface area contributed by atoms with E-state index in [1.807, 2.05) is 17.9 Å². The number of hydrogen-bond donors (Lipinski definition) is 3. The number of nitriles is 1. The number of H-pyrrole nitrogens is 1. The van der Waals surface area contributed by atoms with E-state index in [0.717, 1.165) is 37.9 Å². The highest BCUT2D eigenvalue weighted by atomic mass is 19.4. The fourth-order valence-corrected chi connectivity index (χ4v) is 5.16. The van der Waals surface area contributed by atoms with Crippen LogP contribution in [0.1, 0.15) is 43.7 Å². The van der Waals surface area contributed by atoms with Gasteiger partial charge in [-0.25, -0.2) is 15.0 Å². The van der Waals surface area contributed by atoms with Gasteiger partial charge in [0.2, 0.25) is 11.9 Å². The zero-order valence-corrected chi connectivity index (χ0v) is 20.2. The zero-order valence-electron chi connectivity index (χ0n) is 20.2. The van der Waals surface area contributed by atoms with Gasteiger partial charge in [0.25, 0.3) is 0 Å². The number of carbonyl (C=O) groups is 1. The monoisotopic (exact) mass is 512 g/mol. The van der Waals surface area contributed by atoms with Crippen LogP contribution >= 0.6 is 0 Å². The Hall–Kier alpha value is -3.72. The highest BCUT2D eigenvalue weighted by molar-refractivity contribution is 5.94. The average molecular weight is 513 g/mol. The molecule has 2 aliphatic rings. The topological polar surface area (TPSA) is 137 Å². The Labute approximate surface area is 211 Å². The summed E-state index contributed by atoms with van der Waals surface area (Å²) >= 11 is 0. The highest BCUT2D eigenvalue weighted by Gasteiger charge is 2.36. The number of carbonyl (C=O) groups excluding carboxylic acids is 1. The van der Waals surface area contributed by atoms with E-state index in [9.17, 15) is 23.2 Å². The van der Waals surface area contributed by atoms with Gasteiger partial charge in [0.1, 0.15) is 11.7 Å². The van der Waals surface area contributed by atoms with Crippen molar-refractivity contribution in [2.75, 3.05) is 18.4 Å². The number of nitrogens with two attached hydrogens (primary N) is 1. The van der Waals surface area contributed by atoms with Gasteiger partial charge in [-0.2, -0.15) is 18.4 Å². The second-order valence-electron chi connectivity index (χ2n) is 9.91. The van der Waals surface area contributed by atoms with Gasteiger partial charge in [-0.1, -0.05) is 0 Å². The third-order valence-electron chi connectivity index (χ3n) is 7.46. The lowest BCUT2D eigenvalue weighted by atomic mass is 9.79. The fourth-order valence-electron chi connectivity index (χ4n) is 5.16. The van der Waals surface area contributed by atoms with Gasteiger partial charge >= 0.3 is 6.18 Å². The lowest BCUT2D eigenvalue weighted by Crippen LogP contribution is -2.49. The number of aromatic amines is 1. The largest absolute Gasteiger partial charge is 0.417 e. The minimum Gasteiger partial charge on any atom is -0.351 e. The molecular formula is C25H27F3N8O. The number of nitrogens with one attached hydrogen (secondary N) is 2. The molecule has 0 aromatic carbocycles. The number of halogens is 3. The number of hydrogen-bond acceptors (Lipinski definition) is 7. The van der Waals surface area contributed by atoms with E-state index < -0.39 is 11.7 Å². The Morgan fingerprint density at radius 2 is 2.00 bits per heavy atom. The van der Waals surface area contributed by atoms with E-state index in [0.29, 0.717) is 18.7 Å². The van der Waals surface area contributed by atoms with E-state index in [2.05, 4.69) is 25.3 Å². The summed E-state index contributed by atoms with van der Waals surface area (Å²) in [6.07, 6.45) is 2.26. The Morgan fingerprint density at radius 1 is 1.27 bits per heavy atom. The molecule has 5 rings (SSSR count). The lowest BCUT2D eigenvalue weighted by Gasteiger charge is -2.40. The summed E-state index contributed by atoms with van der Waals surface area (Å²) in [6.45, 7) is 3.38. The maximum absolute atomic E-state index is 13.3. The molecule has 2 fully saturated rings. The number of anilines is 1. The van der Waals surface area contributed by atoms with Crippen molar-refractivity contribution in [2.24, 2.45) is 17.6 Å². The van der Waals surface area contributed by atoms with Crippen LogP contribution in [0.3, 0.4) is 0 Å². The maximum Gasteiger partial charge on any atom is 0.417 e. The Balaban J connectivity index is 1.31. The van der Waals surface area contributed by atoms with Crippen LogP contribution in [0, 0.1) is 23.2 Å². The summed E-state index contributed by atoms with van der Waals surface area (Å²) in [7, 11) is 0. The number of aromatic nitrogens is 4. The molecule has 194 valence electrons. The van der Waals surface area contributed by atoms with Crippen LogP contribution in [0.2, 0.25) is 0 Å². The zero-order chi connectivity index (χ0) is 26.3. The molecule has 3 aromatic rings. The third kappa shape index (κ3) is 4.96. The first-order valence-electron chi connectivity index (χ1n) is 12.3. The molecule has 4 N–H and O–H groups in total. The van der Waals surface area contributed by atoms with Gasteiger partial charge in [0, 0.05) is 54.4 Å². The molecule has 1 saturated carbocycles. The van der Waals surface area contributed by atoms with Gasteiger partial charge in [-0.05, 0) is 44.6 Å². The van der Waals surface area contributed by atoms with Gasteiger partial charge in [0.15, 0.2) is 0 Å². The molecule has 1 aliphatic carbocycles. The number of rotatable bonds is 5. The number of fused-ring (bicyclic) bond motifs is 1. The van der Waals surface area contributed by atoms with Crippen LogP contribution in [-0.4, -0.2) is 55.9 Å². The van der Waals surface area contributed by atoms with E-state index in [-0.39, 0.29) is 58.1 Å². The smallest absolute Gasteiger partial charge is 0.351 e. The quantitative estimate of drug-likeness (QED) is 0.474. The summed E-state index contributed by atoms with van der Waals surface area (Å²) in [4.78, 5) is 30.0. The van der Waals surface area contributed by atoms with Gasteiger partial charge < -0.3 is 20.9 Å². The molecule has 0 radical (unpaired) electrons. The summed E-state index contributed by atoms with van der Waals surface area (Å²) in [5.74, 6) is 0.807. The maximum atomic E-state index is 13.3. The van der Waals surface area contributed by atoms with Crippen molar-refractivity contribution in [2.45, 2.75) is 50.9 Å². The van der Waals surface area contributed by atoms with E-state index in [4.69, 9.17) is 5.73 Å². The first kappa shape index (κ1) is 25.0. The standard InChI is InChI=1S/C25H27F3N8O/c1-13(14-2-4-36(5-3-14)23(37)15-6-18(30)7-15)34-24-33-10-16(9-29)21(35-24)20-12-32-22-19(20)8-17(11-31-22)25(26,27)28/h8,10-15,18H,2-7,30H2,1H3,(H,31,32)(H,33,34,35)/t13-,15-,18-/m1/s1. The van der Waals surface area contributed by atoms with E-state index in [1.54, 1.807) is 0 Å². The molecule has 1 amide bonds. The minimum atomic E-state index is -4.55. The molecule has 4 heterocycles. The molecule has 1 atom stereocenters. The molecule has 12 heteroatoms. The van der Waals surface area contributed by atoms with Gasteiger partial charge in [-0.15, -0.1) is 0 Å². The third-order valence-corrected chi connectivity index (χ3v) is 7.46.